The Morgan fingerprint density at radius 2 is 1.96 bits per heavy atom. The predicted octanol–water partition coefficient (Wildman–Crippen LogP) is 2.48. The summed E-state index contributed by atoms with van der Waals surface area (Å²) in [5.74, 6) is 0.720. The van der Waals surface area contributed by atoms with Crippen LogP contribution in [0.4, 0.5) is 0 Å². The maximum absolute atomic E-state index is 11.7. The van der Waals surface area contributed by atoms with Crippen molar-refractivity contribution in [1.29, 1.82) is 0 Å². The van der Waals surface area contributed by atoms with Gasteiger partial charge in [0.1, 0.15) is 5.75 Å². The summed E-state index contributed by atoms with van der Waals surface area (Å²) in [5, 5.41) is 2.76. The molecule has 0 spiro atoms. The minimum absolute atomic E-state index is 0.197. The van der Waals surface area contributed by atoms with E-state index >= 15 is 0 Å². The molecule has 1 amide bonds. The first-order valence-corrected chi connectivity index (χ1v) is 8.23. The van der Waals surface area contributed by atoms with E-state index in [1.54, 1.807) is 7.11 Å². The van der Waals surface area contributed by atoms with E-state index in [4.69, 9.17) is 9.47 Å². The summed E-state index contributed by atoms with van der Waals surface area (Å²) in [7, 11) is 1.63. The molecule has 1 N–H and O–H groups in total. The number of carbonyl (C=O) groups excluding carboxylic acids is 2. The highest BCUT2D eigenvalue weighted by Crippen LogP contribution is 2.27. The van der Waals surface area contributed by atoms with E-state index in [0.717, 1.165) is 24.2 Å². The molecule has 0 aromatic heterocycles. The SMILES string of the molecule is COc1ccccc1CCNC(=O)COC(=O)CC1CCCC1. The highest BCUT2D eigenvalue weighted by atomic mass is 16.5. The molecule has 0 heterocycles. The van der Waals surface area contributed by atoms with Gasteiger partial charge in [-0.2, -0.15) is 0 Å². The largest absolute Gasteiger partial charge is 0.496 e. The van der Waals surface area contributed by atoms with Crippen LogP contribution in [0.5, 0.6) is 5.75 Å². The van der Waals surface area contributed by atoms with E-state index in [2.05, 4.69) is 5.32 Å². The van der Waals surface area contributed by atoms with Crippen molar-refractivity contribution < 1.29 is 19.1 Å². The number of hydrogen-bond acceptors (Lipinski definition) is 4. The second-order valence-corrected chi connectivity index (χ2v) is 5.93. The zero-order valence-corrected chi connectivity index (χ0v) is 13.7. The van der Waals surface area contributed by atoms with Crippen LogP contribution in [0.1, 0.15) is 37.7 Å². The van der Waals surface area contributed by atoms with E-state index in [9.17, 15) is 9.59 Å². The fourth-order valence-corrected chi connectivity index (χ4v) is 2.95. The number of carbonyl (C=O) groups is 2. The summed E-state index contributed by atoms with van der Waals surface area (Å²) in [6, 6.07) is 7.70. The van der Waals surface area contributed by atoms with Gasteiger partial charge in [0.25, 0.3) is 5.91 Å². The number of ether oxygens (including phenoxy) is 2. The van der Waals surface area contributed by atoms with Gasteiger partial charge in [-0.25, -0.2) is 0 Å². The Hall–Kier alpha value is -2.04. The fourth-order valence-electron chi connectivity index (χ4n) is 2.95. The van der Waals surface area contributed by atoms with Crippen molar-refractivity contribution in [2.24, 2.45) is 5.92 Å². The topological polar surface area (TPSA) is 64.6 Å². The Balaban J connectivity index is 1.62. The quantitative estimate of drug-likeness (QED) is 0.748. The zero-order valence-electron chi connectivity index (χ0n) is 13.7. The predicted molar refractivity (Wildman–Crippen MR) is 87.2 cm³/mol. The Morgan fingerprint density at radius 1 is 1.22 bits per heavy atom. The smallest absolute Gasteiger partial charge is 0.306 e. The van der Waals surface area contributed by atoms with Crippen molar-refractivity contribution in [2.75, 3.05) is 20.3 Å². The van der Waals surface area contributed by atoms with E-state index in [-0.39, 0.29) is 18.5 Å². The van der Waals surface area contributed by atoms with Crippen molar-refractivity contribution >= 4 is 11.9 Å². The summed E-state index contributed by atoms with van der Waals surface area (Å²) >= 11 is 0. The van der Waals surface area contributed by atoms with Gasteiger partial charge < -0.3 is 14.8 Å². The van der Waals surface area contributed by atoms with Gasteiger partial charge in [0, 0.05) is 13.0 Å². The lowest BCUT2D eigenvalue weighted by atomic mass is 10.1. The summed E-state index contributed by atoms with van der Waals surface area (Å²) in [6.45, 7) is 0.289. The molecule has 0 atom stereocenters. The lowest BCUT2D eigenvalue weighted by Crippen LogP contribution is -2.30. The van der Waals surface area contributed by atoms with Crippen molar-refractivity contribution in [3.63, 3.8) is 0 Å². The number of para-hydroxylation sites is 1. The lowest BCUT2D eigenvalue weighted by Gasteiger charge is -2.10. The molecule has 2 rings (SSSR count). The van der Waals surface area contributed by atoms with E-state index in [1.165, 1.54) is 12.8 Å². The molecule has 0 saturated heterocycles. The normalized spacial score (nSPS) is 14.5. The van der Waals surface area contributed by atoms with Gasteiger partial charge in [-0.15, -0.1) is 0 Å². The zero-order chi connectivity index (χ0) is 16.5. The first-order chi connectivity index (χ1) is 11.2. The van der Waals surface area contributed by atoms with E-state index in [0.29, 0.717) is 25.3 Å². The molecule has 5 heteroatoms. The molecule has 0 radical (unpaired) electrons. The number of methoxy groups -OCH3 is 1. The molecule has 1 aromatic rings. The van der Waals surface area contributed by atoms with Crippen LogP contribution in [0, 0.1) is 5.92 Å². The summed E-state index contributed by atoms with van der Waals surface area (Å²) in [5.41, 5.74) is 1.04. The number of rotatable bonds is 8. The van der Waals surface area contributed by atoms with Crippen molar-refractivity contribution in [3.05, 3.63) is 29.8 Å². The number of nitrogens with one attached hydrogen (secondary N) is 1. The lowest BCUT2D eigenvalue weighted by molar-refractivity contribution is -0.149. The Morgan fingerprint density at radius 3 is 2.70 bits per heavy atom. The third kappa shape index (κ3) is 5.93. The van der Waals surface area contributed by atoms with Crippen LogP contribution in [0.15, 0.2) is 24.3 Å². The maximum Gasteiger partial charge on any atom is 0.306 e. The van der Waals surface area contributed by atoms with Crippen molar-refractivity contribution in [2.45, 2.75) is 38.5 Å². The molecule has 126 valence electrons. The van der Waals surface area contributed by atoms with Crippen LogP contribution >= 0.6 is 0 Å². The van der Waals surface area contributed by atoms with Crippen molar-refractivity contribution in [1.82, 2.24) is 5.32 Å². The summed E-state index contributed by atoms with van der Waals surface area (Å²) < 4.78 is 10.3. The second-order valence-electron chi connectivity index (χ2n) is 5.93. The number of amides is 1. The van der Waals surface area contributed by atoms with Crippen LogP contribution in [-0.2, 0) is 20.7 Å². The van der Waals surface area contributed by atoms with Gasteiger partial charge >= 0.3 is 5.97 Å². The molecule has 0 aliphatic heterocycles. The molecule has 1 aliphatic carbocycles. The minimum atomic E-state index is -0.267. The van der Waals surface area contributed by atoms with Gasteiger partial charge in [0.2, 0.25) is 0 Å². The molecule has 5 nitrogen and oxygen atoms in total. The molecule has 1 aliphatic rings. The summed E-state index contributed by atoms with van der Waals surface area (Å²) in [4.78, 5) is 23.4. The van der Waals surface area contributed by atoms with Gasteiger partial charge in [-0.05, 0) is 36.8 Å². The van der Waals surface area contributed by atoms with E-state index in [1.807, 2.05) is 24.3 Å². The van der Waals surface area contributed by atoms with Gasteiger partial charge in [0.05, 0.1) is 7.11 Å². The average molecular weight is 319 g/mol. The Kier molecular flexibility index (Phi) is 6.91. The first-order valence-electron chi connectivity index (χ1n) is 8.23. The van der Waals surface area contributed by atoms with Crippen LogP contribution in [-0.4, -0.2) is 32.1 Å². The highest BCUT2D eigenvalue weighted by molar-refractivity contribution is 5.80. The third-order valence-electron chi connectivity index (χ3n) is 4.20. The molecular weight excluding hydrogens is 294 g/mol. The molecule has 0 bridgehead atoms. The molecule has 1 aromatic carbocycles. The number of benzene rings is 1. The Bertz CT molecular complexity index is 524. The third-order valence-corrected chi connectivity index (χ3v) is 4.20. The standard InChI is InChI=1S/C18H25NO4/c1-22-16-9-5-4-8-15(16)10-11-19-17(20)13-23-18(21)12-14-6-2-3-7-14/h4-5,8-9,14H,2-3,6-7,10-13H2,1H3,(H,19,20). The van der Waals surface area contributed by atoms with Crippen LogP contribution in [0.25, 0.3) is 0 Å². The van der Waals surface area contributed by atoms with E-state index < -0.39 is 0 Å². The number of esters is 1. The molecular formula is C18H25NO4. The van der Waals surface area contributed by atoms with Crippen LogP contribution < -0.4 is 10.1 Å². The monoisotopic (exact) mass is 319 g/mol. The van der Waals surface area contributed by atoms with Gasteiger partial charge in [-0.1, -0.05) is 31.0 Å². The second kappa shape index (κ2) is 9.18. The van der Waals surface area contributed by atoms with Crippen molar-refractivity contribution in [3.8, 4) is 5.75 Å². The number of hydrogen-bond donors (Lipinski definition) is 1. The molecule has 1 saturated carbocycles. The molecule has 0 unspecified atom stereocenters. The van der Waals surface area contributed by atoms with Crippen LogP contribution in [0.2, 0.25) is 0 Å². The molecule has 23 heavy (non-hydrogen) atoms. The first kappa shape index (κ1) is 17.3. The average Bonchev–Trinajstić information content (AvgIpc) is 3.06. The maximum atomic E-state index is 11.7. The van der Waals surface area contributed by atoms with Gasteiger partial charge in [-0.3, -0.25) is 9.59 Å². The van der Waals surface area contributed by atoms with Crippen LogP contribution in [0.3, 0.4) is 0 Å². The van der Waals surface area contributed by atoms with Gasteiger partial charge in [0.15, 0.2) is 6.61 Å². The molecule has 1 fully saturated rings. The minimum Gasteiger partial charge on any atom is -0.496 e. The fraction of sp³-hybridized carbons (Fsp3) is 0.556. The Labute approximate surface area is 137 Å². The summed E-state index contributed by atoms with van der Waals surface area (Å²) in [6.07, 6.45) is 5.70. The highest BCUT2D eigenvalue weighted by Gasteiger charge is 2.19.